The summed E-state index contributed by atoms with van der Waals surface area (Å²) in [7, 11) is 0. The van der Waals surface area contributed by atoms with E-state index >= 15 is 0 Å². The van der Waals surface area contributed by atoms with Crippen LogP contribution in [0.2, 0.25) is 5.02 Å². The smallest absolute Gasteiger partial charge is 0.140 e. The van der Waals surface area contributed by atoms with Gasteiger partial charge in [0.1, 0.15) is 17.4 Å². The van der Waals surface area contributed by atoms with Crippen molar-refractivity contribution in [1.82, 2.24) is 4.98 Å². The van der Waals surface area contributed by atoms with Gasteiger partial charge >= 0.3 is 0 Å². The Morgan fingerprint density at radius 2 is 1.95 bits per heavy atom. The molecule has 0 spiro atoms. The second kappa shape index (κ2) is 6.25. The normalized spacial score (nSPS) is 10.3. The van der Waals surface area contributed by atoms with Crippen LogP contribution in [-0.2, 0) is 13.0 Å². The monoisotopic (exact) mass is 306 g/mol. The predicted octanol–water partition coefficient (Wildman–Crippen LogP) is 4.37. The Kier molecular flexibility index (Phi) is 4.64. The van der Waals surface area contributed by atoms with Gasteiger partial charge in [-0.3, -0.25) is 0 Å². The van der Waals surface area contributed by atoms with E-state index < -0.39 is 0 Å². The van der Waals surface area contributed by atoms with Crippen molar-refractivity contribution < 1.29 is 4.74 Å². The molecule has 0 amide bonds. The molecule has 0 fully saturated rings. The van der Waals surface area contributed by atoms with E-state index in [4.69, 9.17) is 21.6 Å². The molecule has 5 heteroatoms. The van der Waals surface area contributed by atoms with Crippen LogP contribution in [0.3, 0.4) is 0 Å². The molecule has 0 aliphatic rings. The SMILES string of the molecule is Cc1cc(OCc2nc(C)c(CC#N)s2)cc(C)c1Cl. The largest absolute Gasteiger partial charge is 0.486 e. The lowest BCUT2D eigenvalue weighted by Crippen LogP contribution is -1.96. The zero-order valence-electron chi connectivity index (χ0n) is 11.7. The molecule has 2 rings (SSSR count). The molecule has 1 heterocycles. The first kappa shape index (κ1) is 14.8. The van der Waals surface area contributed by atoms with Gasteiger partial charge in [-0.05, 0) is 44.0 Å². The molecule has 0 radical (unpaired) electrons. The third kappa shape index (κ3) is 3.30. The maximum atomic E-state index is 8.73. The number of rotatable bonds is 4. The molecule has 2 aromatic rings. The second-order valence-electron chi connectivity index (χ2n) is 4.61. The summed E-state index contributed by atoms with van der Waals surface area (Å²) in [5.41, 5.74) is 2.92. The van der Waals surface area contributed by atoms with Gasteiger partial charge in [-0.15, -0.1) is 11.3 Å². The highest BCUT2D eigenvalue weighted by Crippen LogP contribution is 2.27. The summed E-state index contributed by atoms with van der Waals surface area (Å²) in [6, 6.07) is 5.99. The van der Waals surface area contributed by atoms with Gasteiger partial charge in [0, 0.05) is 9.90 Å². The van der Waals surface area contributed by atoms with Crippen molar-refractivity contribution in [3.8, 4) is 11.8 Å². The summed E-state index contributed by atoms with van der Waals surface area (Å²) in [5.74, 6) is 0.791. The van der Waals surface area contributed by atoms with E-state index in [1.165, 1.54) is 11.3 Å². The van der Waals surface area contributed by atoms with Crippen molar-refractivity contribution in [3.63, 3.8) is 0 Å². The average Bonchev–Trinajstić information content (AvgIpc) is 2.75. The molecular weight excluding hydrogens is 292 g/mol. The summed E-state index contributed by atoms with van der Waals surface area (Å²) < 4.78 is 5.76. The average molecular weight is 307 g/mol. The second-order valence-corrected chi connectivity index (χ2v) is 6.16. The van der Waals surface area contributed by atoms with Gasteiger partial charge in [-0.25, -0.2) is 4.98 Å². The molecule has 0 unspecified atom stereocenters. The highest BCUT2D eigenvalue weighted by molar-refractivity contribution is 7.11. The van der Waals surface area contributed by atoms with Gasteiger partial charge < -0.3 is 4.74 Å². The number of nitriles is 1. The topological polar surface area (TPSA) is 45.9 Å². The van der Waals surface area contributed by atoms with Gasteiger partial charge in [-0.2, -0.15) is 5.26 Å². The minimum atomic E-state index is 0.405. The molecule has 104 valence electrons. The molecule has 0 aliphatic heterocycles. The maximum absolute atomic E-state index is 8.73. The third-order valence-corrected chi connectivity index (χ3v) is 4.68. The number of benzene rings is 1. The van der Waals surface area contributed by atoms with Crippen molar-refractivity contribution in [1.29, 1.82) is 5.26 Å². The van der Waals surface area contributed by atoms with Crippen LogP contribution in [0.25, 0.3) is 0 Å². The van der Waals surface area contributed by atoms with Crippen LogP contribution in [0.4, 0.5) is 0 Å². The quantitative estimate of drug-likeness (QED) is 0.842. The van der Waals surface area contributed by atoms with Gasteiger partial charge in [-0.1, -0.05) is 11.6 Å². The molecule has 0 N–H and O–H groups in total. The van der Waals surface area contributed by atoms with Crippen LogP contribution in [0.1, 0.15) is 26.7 Å². The zero-order chi connectivity index (χ0) is 14.7. The number of aromatic nitrogens is 1. The van der Waals surface area contributed by atoms with Crippen molar-refractivity contribution in [2.45, 2.75) is 33.8 Å². The van der Waals surface area contributed by atoms with E-state index in [0.717, 1.165) is 37.5 Å². The molecule has 0 aliphatic carbocycles. The molecule has 1 aromatic heterocycles. The van der Waals surface area contributed by atoms with Gasteiger partial charge in [0.05, 0.1) is 18.2 Å². The van der Waals surface area contributed by atoms with Crippen LogP contribution in [0, 0.1) is 32.1 Å². The van der Waals surface area contributed by atoms with Gasteiger partial charge in [0.15, 0.2) is 0 Å². The number of hydrogen-bond acceptors (Lipinski definition) is 4. The first-order valence-electron chi connectivity index (χ1n) is 6.23. The highest BCUT2D eigenvalue weighted by Gasteiger charge is 2.09. The van der Waals surface area contributed by atoms with Crippen molar-refractivity contribution >= 4 is 22.9 Å². The van der Waals surface area contributed by atoms with Crippen molar-refractivity contribution in [2.75, 3.05) is 0 Å². The number of hydrogen-bond donors (Lipinski definition) is 0. The lowest BCUT2D eigenvalue weighted by molar-refractivity contribution is 0.305. The minimum Gasteiger partial charge on any atom is -0.486 e. The van der Waals surface area contributed by atoms with E-state index in [-0.39, 0.29) is 0 Å². The summed E-state index contributed by atoms with van der Waals surface area (Å²) >= 11 is 7.66. The fourth-order valence-electron chi connectivity index (χ4n) is 1.92. The lowest BCUT2D eigenvalue weighted by atomic mass is 10.1. The summed E-state index contributed by atoms with van der Waals surface area (Å²) in [5, 5.41) is 10.4. The molecular formula is C15H15ClN2OS. The molecule has 20 heavy (non-hydrogen) atoms. The van der Waals surface area contributed by atoms with Crippen molar-refractivity contribution in [3.05, 3.63) is 43.9 Å². The summed E-state index contributed by atoms with van der Waals surface area (Å²) in [6.07, 6.45) is 0.405. The van der Waals surface area contributed by atoms with Crippen LogP contribution in [0.15, 0.2) is 12.1 Å². The van der Waals surface area contributed by atoms with E-state index in [1.807, 2.05) is 32.9 Å². The Labute approximate surface area is 127 Å². The molecule has 0 saturated heterocycles. The first-order valence-corrected chi connectivity index (χ1v) is 7.42. The molecule has 0 atom stereocenters. The van der Waals surface area contributed by atoms with Crippen molar-refractivity contribution in [2.24, 2.45) is 0 Å². The van der Waals surface area contributed by atoms with E-state index in [1.54, 1.807) is 0 Å². The molecule has 1 aromatic carbocycles. The van der Waals surface area contributed by atoms with E-state index in [0.29, 0.717) is 13.0 Å². The molecule has 3 nitrogen and oxygen atoms in total. The van der Waals surface area contributed by atoms with Crippen LogP contribution < -0.4 is 4.74 Å². The number of thiazole rings is 1. The summed E-state index contributed by atoms with van der Waals surface area (Å²) in [4.78, 5) is 5.43. The Balaban J connectivity index is 2.09. The Hall–Kier alpha value is -1.57. The number of halogens is 1. The Morgan fingerprint density at radius 1 is 1.30 bits per heavy atom. The van der Waals surface area contributed by atoms with Crippen LogP contribution in [-0.4, -0.2) is 4.98 Å². The number of ether oxygens (including phenoxy) is 1. The number of nitrogens with zero attached hydrogens (tertiary/aromatic N) is 2. The standard InChI is InChI=1S/C15H15ClN2OS/c1-9-6-12(7-10(2)15(9)16)19-8-14-18-11(3)13(20-14)4-5-17/h6-7H,4,8H2,1-3H3. The molecule has 0 saturated carbocycles. The van der Waals surface area contributed by atoms with Gasteiger partial charge in [0.25, 0.3) is 0 Å². The minimum absolute atomic E-state index is 0.405. The Morgan fingerprint density at radius 3 is 2.55 bits per heavy atom. The molecule has 0 bridgehead atoms. The van der Waals surface area contributed by atoms with Crippen LogP contribution in [0.5, 0.6) is 5.75 Å². The van der Waals surface area contributed by atoms with E-state index in [2.05, 4.69) is 11.1 Å². The highest BCUT2D eigenvalue weighted by atomic mass is 35.5. The van der Waals surface area contributed by atoms with Gasteiger partial charge in [0.2, 0.25) is 0 Å². The fourth-order valence-corrected chi connectivity index (χ4v) is 2.94. The maximum Gasteiger partial charge on any atom is 0.140 e. The predicted molar refractivity (Wildman–Crippen MR) is 81.4 cm³/mol. The fraction of sp³-hybridized carbons (Fsp3) is 0.333. The van der Waals surface area contributed by atoms with E-state index in [9.17, 15) is 0 Å². The Bertz CT molecular complexity index is 650. The summed E-state index contributed by atoms with van der Waals surface area (Å²) in [6.45, 7) is 6.25. The zero-order valence-corrected chi connectivity index (χ0v) is 13.2. The lowest BCUT2D eigenvalue weighted by Gasteiger charge is -2.08. The first-order chi connectivity index (χ1) is 9.51. The van der Waals surface area contributed by atoms with Crippen LogP contribution >= 0.6 is 22.9 Å². The third-order valence-electron chi connectivity index (χ3n) is 2.95. The number of aryl methyl sites for hydroxylation is 3.